The van der Waals surface area contributed by atoms with Crippen molar-refractivity contribution >= 4 is 28.5 Å². The topological polar surface area (TPSA) is 73.0 Å². The average Bonchev–Trinajstić information content (AvgIpc) is 3.74. The van der Waals surface area contributed by atoms with E-state index in [4.69, 9.17) is 0 Å². The van der Waals surface area contributed by atoms with E-state index in [1.807, 2.05) is 94.2 Å². The van der Waals surface area contributed by atoms with Gasteiger partial charge in [-0.15, -0.1) is 0 Å². The van der Waals surface area contributed by atoms with Crippen LogP contribution in [0.25, 0.3) is 10.8 Å². The Balaban J connectivity index is 0.000000584. The molecule has 0 bridgehead atoms. The van der Waals surface area contributed by atoms with E-state index in [1.165, 1.54) is 4.90 Å². The first-order valence-electron chi connectivity index (χ1n) is 14.1. The van der Waals surface area contributed by atoms with Crippen LogP contribution in [0, 0.1) is 63.7 Å². The number of rotatable bonds is 9. The van der Waals surface area contributed by atoms with Gasteiger partial charge in [-0.05, 0) is 101 Å². The maximum absolute atomic E-state index is 13.0. The summed E-state index contributed by atoms with van der Waals surface area (Å²) in [6.45, 7) is 6.89. The molecule has 7 nitrogen and oxygen atoms in total. The van der Waals surface area contributed by atoms with E-state index in [2.05, 4.69) is 15.1 Å². The third-order valence-electron chi connectivity index (χ3n) is 7.59. The summed E-state index contributed by atoms with van der Waals surface area (Å²) < 4.78 is 0. The van der Waals surface area contributed by atoms with Gasteiger partial charge in [0, 0.05) is 55.8 Å². The maximum atomic E-state index is 13.0. The fourth-order valence-electron chi connectivity index (χ4n) is 5.43. The number of carbonyl (C=O) groups is 3. The quantitative estimate of drug-likeness (QED) is 0.275. The third kappa shape index (κ3) is 8.19. The molecular weight excluding hydrogens is 556 g/mol. The van der Waals surface area contributed by atoms with Gasteiger partial charge in [0.2, 0.25) is 5.91 Å². The van der Waals surface area contributed by atoms with E-state index in [1.54, 1.807) is 0 Å². The number of hydrogen-bond donors (Lipinski definition) is 1. The average molecular weight is 593 g/mol. The summed E-state index contributed by atoms with van der Waals surface area (Å²) >= 11 is 0. The molecule has 10 radical (unpaired) electrons. The Morgan fingerprint density at radius 3 is 1.73 bits per heavy atom. The Labute approximate surface area is 255 Å². The van der Waals surface area contributed by atoms with Gasteiger partial charge in [0.05, 0.1) is 5.92 Å². The van der Waals surface area contributed by atoms with E-state index in [0.29, 0.717) is 30.1 Å². The number of nitrogens with one attached hydrogen (secondary N) is 1. The van der Waals surface area contributed by atoms with Crippen LogP contribution in [0.4, 0.5) is 0 Å². The van der Waals surface area contributed by atoms with Crippen molar-refractivity contribution in [1.29, 1.82) is 0 Å². The van der Waals surface area contributed by atoms with Gasteiger partial charge in [-0.2, -0.15) is 0 Å². The molecule has 2 heterocycles. The summed E-state index contributed by atoms with van der Waals surface area (Å²) in [6.07, 6.45) is 19.1. The minimum atomic E-state index is -0.186. The molecule has 1 N–H and O–H groups in total. The number of amides is 3. The number of nitrogens with zero attached hydrogens (tertiary/aromatic N) is 3. The second-order valence-electron chi connectivity index (χ2n) is 10.3. The molecule has 8 heteroatoms. The van der Waals surface area contributed by atoms with Crippen LogP contribution in [0.15, 0.2) is 36.4 Å². The van der Waals surface area contributed by atoms with Crippen molar-refractivity contribution in [2.24, 2.45) is 0 Å². The van der Waals surface area contributed by atoms with E-state index in [-0.39, 0.29) is 34.8 Å². The van der Waals surface area contributed by atoms with Crippen LogP contribution in [-0.4, -0.2) is 84.8 Å². The molecule has 2 aromatic rings. The van der Waals surface area contributed by atoms with Gasteiger partial charge in [-0.1, -0.05) is 24.3 Å². The minimum absolute atomic E-state index is 0. The molecule has 4 aliphatic rings. The summed E-state index contributed by atoms with van der Waals surface area (Å²) in [5.74, 6) is 0.336. The largest absolute Gasteiger partial charge is 2.00 e. The van der Waals surface area contributed by atoms with Gasteiger partial charge in [-0.25, -0.2) is 0 Å². The van der Waals surface area contributed by atoms with Gasteiger partial charge in [-0.3, -0.25) is 19.3 Å². The van der Waals surface area contributed by atoms with Crippen LogP contribution in [0.1, 0.15) is 33.6 Å². The zero-order chi connectivity index (χ0) is 27.7. The first-order chi connectivity index (χ1) is 19.6. The second kappa shape index (κ2) is 15.8. The number of benzene rings is 2. The van der Waals surface area contributed by atoms with Gasteiger partial charge in [0.15, 0.2) is 0 Å². The summed E-state index contributed by atoms with van der Waals surface area (Å²) in [7, 11) is 0. The van der Waals surface area contributed by atoms with Crippen molar-refractivity contribution in [3.63, 3.8) is 0 Å². The van der Waals surface area contributed by atoms with Crippen LogP contribution in [0.3, 0.4) is 0 Å². The molecule has 2 aliphatic heterocycles. The second-order valence-corrected chi connectivity index (χ2v) is 10.3. The number of piperazine rings is 1. The summed E-state index contributed by atoms with van der Waals surface area (Å²) in [5.41, 5.74) is 1.24. The first-order valence-corrected chi connectivity index (χ1v) is 14.1. The van der Waals surface area contributed by atoms with Crippen molar-refractivity contribution in [2.75, 3.05) is 52.4 Å². The van der Waals surface area contributed by atoms with Crippen molar-refractivity contribution in [3.8, 4) is 0 Å². The molecule has 3 fully saturated rings. The number of carbonyl (C=O) groups excluding carboxylic acids is 3. The van der Waals surface area contributed by atoms with Crippen LogP contribution in [0.2, 0.25) is 0 Å². The van der Waals surface area contributed by atoms with Gasteiger partial charge in [0.1, 0.15) is 0 Å². The Morgan fingerprint density at radius 1 is 0.683 bits per heavy atom. The summed E-state index contributed by atoms with van der Waals surface area (Å²) in [5, 5.41) is 4.69. The molecule has 41 heavy (non-hydrogen) atoms. The minimum Gasteiger partial charge on any atom is -0.356 e. The molecule has 212 valence electrons. The fraction of sp³-hybridized carbons (Fsp3) is 0.303. The molecule has 1 saturated heterocycles. The standard InChI is InChI=1S/C28H31N4O3.C5H5.Fe/c33-26(22-7-1-2-8-22)29-13-5-14-30-17-19-31(20-18-30)15-6-16-32-27(34)23-11-3-9-21-10-4-12-24(25(21)23)28(32)35;1-2-4-5-3-1;/h1-4,7-12H,5-6,13-20H2,(H,29,33);1-5H;/q;;+2. The monoisotopic (exact) mass is 592 g/mol. The molecule has 2 saturated carbocycles. The van der Waals surface area contributed by atoms with Gasteiger partial charge in [0.25, 0.3) is 11.8 Å². The molecule has 0 spiro atoms. The SMILES string of the molecule is O=C(NCCCN1CCN(CCCN2C(=O)c3cccc4cccc(c34)C2=O)CC1)[C]1[CH][CH][CH][CH]1.[CH]1[CH][CH][CH][CH]1.[Fe+2]. The van der Waals surface area contributed by atoms with Crippen LogP contribution in [0.5, 0.6) is 0 Å². The predicted molar refractivity (Wildman–Crippen MR) is 156 cm³/mol. The van der Waals surface area contributed by atoms with Crippen molar-refractivity contribution in [1.82, 2.24) is 20.0 Å². The number of hydrogen-bond acceptors (Lipinski definition) is 5. The van der Waals surface area contributed by atoms with Crippen LogP contribution in [-0.2, 0) is 21.9 Å². The van der Waals surface area contributed by atoms with Crippen LogP contribution >= 0.6 is 0 Å². The summed E-state index contributed by atoms with van der Waals surface area (Å²) in [4.78, 5) is 44.3. The Bertz CT molecular complexity index is 1110. The Kier molecular flexibility index (Phi) is 12.2. The molecule has 2 aromatic carbocycles. The maximum Gasteiger partial charge on any atom is 2.00 e. The fourth-order valence-corrected chi connectivity index (χ4v) is 5.43. The summed E-state index contributed by atoms with van der Waals surface area (Å²) in [6, 6.07) is 11.3. The normalized spacial score (nSPS) is 19.7. The number of imide groups is 1. The van der Waals surface area contributed by atoms with E-state index in [9.17, 15) is 14.4 Å². The van der Waals surface area contributed by atoms with Crippen molar-refractivity contribution in [3.05, 3.63) is 111 Å². The third-order valence-corrected chi connectivity index (χ3v) is 7.59. The zero-order valence-electron chi connectivity index (χ0n) is 23.2. The molecule has 0 unspecified atom stereocenters. The van der Waals surface area contributed by atoms with Crippen molar-refractivity contribution in [2.45, 2.75) is 12.8 Å². The van der Waals surface area contributed by atoms with Crippen LogP contribution < -0.4 is 5.32 Å². The zero-order valence-corrected chi connectivity index (χ0v) is 24.3. The molecule has 0 aromatic heterocycles. The smallest absolute Gasteiger partial charge is 0.356 e. The first kappa shape index (κ1) is 31.7. The van der Waals surface area contributed by atoms with Crippen molar-refractivity contribution < 1.29 is 31.5 Å². The van der Waals surface area contributed by atoms with E-state index < -0.39 is 0 Å². The Morgan fingerprint density at radius 2 is 1.20 bits per heavy atom. The predicted octanol–water partition coefficient (Wildman–Crippen LogP) is 3.37. The molecular formula is C33H36FeN4O3+2. The molecule has 2 aliphatic carbocycles. The van der Waals surface area contributed by atoms with E-state index in [0.717, 1.165) is 62.9 Å². The molecule has 6 rings (SSSR count). The van der Waals surface area contributed by atoms with Gasteiger partial charge < -0.3 is 15.1 Å². The Hall–Kier alpha value is -2.25. The van der Waals surface area contributed by atoms with E-state index >= 15 is 0 Å². The van der Waals surface area contributed by atoms with Gasteiger partial charge >= 0.3 is 17.1 Å². The molecule has 3 amide bonds. The molecule has 0 atom stereocenters.